The minimum atomic E-state index is -0.517. The van der Waals surface area contributed by atoms with Gasteiger partial charge in [0, 0.05) is 6.07 Å². The Hall–Kier alpha value is -1.47. The number of nitrogens with one attached hydrogen (secondary N) is 1. The van der Waals surface area contributed by atoms with E-state index in [2.05, 4.69) is 5.32 Å². The maximum Gasteiger partial charge on any atom is 0.324 e. The minimum absolute atomic E-state index is 0.0515. The van der Waals surface area contributed by atoms with E-state index in [0.29, 0.717) is 11.3 Å². The summed E-state index contributed by atoms with van der Waals surface area (Å²) in [5, 5.41) is 22.9. The van der Waals surface area contributed by atoms with Gasteiger partial charge in [-0.2, -0.15) is 0 Å². The Kier molecular flexibility index (Phi) is 3.93. The Morgan fingerprint density at radius 1 is 1.44 bits per heavy atom. The van der Waals surface area contributed by atoms with E-state index < -0.39 is 11.0 Å². The largest absolute Gasteiger partial charge is 0.391 e. The molecule has 1 aromatic heterocycles. The van der Waals surface area contributed by atoms with Crippen LogP contribution in [0.25, 0.3) is 0 Å². The van der Waals surface area contributed by atoms with Gasteiger partial charge in [-0.3, -0.25) is 14.9 Å². The summed E-state index contributed by atoms with van der Waals surface area (Å²) < 4.78 is 0. The number of carbonyl (C=O) groups excluding carboxylic acids is 1. The van der Waals surface area contributed by atoms with E-state index >= 15 is 0 Å². The number of nitrogens with zero attached hydrogens (tertiary/aromatic N) is 1. The minimum Gasteiger partial charge on any atom is -0.391 e. The zero-order chi connectivity index (χ0) is 13.1. The van der Waals surface area contributed by atoms with Crippen LogP contribution < -0.4 is 5.32 Å². The molecule has 1 saturated carbocycles. The van der Waals surface area contributed by atoms with E-state index in [9.17, 15) is 20.0 Å². The summed E-state index contributed by atoms with van der Waals surface area (Å²) in [5.41, 5.74) is 0. The lowest BCUT2D eigenvalue weighted by Crippen LogP contribution is -2.44. The Bertz CT molecular complexity index is 460. The molecule has 0 radical (unpaired) electrons. The van der Waals surface area contributed by atoms with Crippen LogP contribution in [0.1, 0.15) is 35.4 Å². The van der Waals surface area contributed by atoms with Crippen molar-refractivity contribution in [1.29, 1.82) is 0 Å². The van der Waals surface area contributed by atoms with Crippen LogP contribution in [-0.4, -0.2) is 28.1 Å². The van der Waals surface area contributed by atoms with Crippen molar-refractivity contribution in [1.82, 2.24) is 5.32 Å². The molecule has 0 spiro atoms. The molecule has 1 aliphatic rings. The first-order valence-corrected chi connectivity index (χ1v) is 6.63. The summed E-state index contributed by atoms with van der Waals surface area (Å²) in [4.78, 5) is 22.2. The lowest BCUT2D eigenvalue weighted by Gasteiger charge is -2.28. The fourth-order valence-electron chi connectivity index (χ4n) is 2.07. The summed E-state index contributed by atoms with van der Waals surface area (Å²) in [7, 11) is 0. The predicted molar refractivity (Wildman–Crippen MR) is 66.7 cm³/mol. The smallest absolute Gasteiger partial charge is 0.324 e. The normalized spacial score (nSPS) is 23.6. The Balaban J connectivity index is 2.00. The number of rotatable bonds is 3. The molecule has 0 saturated heterocycles. The highest BCUT2D eigenvalue weighted by atomic mass is 32.1. The first-order chi connectivity index (χ1) is 8.58. The average molecular weight is 270 g/mol. The number of thiophene rings is 1. The van der Waals surface area contributed by atoms with Crippen molar-refractivity contribution in [3.63, 3.8) is 0 Å². The van der Waals surface area contributed by atoms with Gasteiger partial charge in [-0.05, 0) is 18.9 Å². The van der Waals surface area contributed by atoms with Gasteiger partial charge in [0.1, 0.15) is 0 Å². The molecule has 18 heavy (non-hydrogen) atoms. The number of hydrogen-bond acceptors (Lipinski definition) is 5. The number of nitro groups is 1. The lowest BCUT2D eigenvalue weighted by molar-refractivity contribution is -0.380. The van der Waals surface area contributed by atoms with E-state index in [1.54, 1.807) is 0 Å². The lowest BCUT2D eigenvalue weighted by atomic mass is 9.92. The van der Waals surface area contributed by atoms with Crippen molar-refractivity contribution < 1.29 is 14.8 Å². The van der Waals surface area contributed by atoms with Crippen LogP contribution in [0.5, 0.6) is 0 Å². The molecule has 2 rings (SSSR count). The Morgan fingerprint density at radius 2 is 2.17 bits per heavy atom. The maximum absolute atomic E-state index is 11.9. The van der Waals surface area contributed by atoms with Crippen LogP contribution >= 0.6 is 11.3 Å². The molecule has 2 unspecified atom stereocenters. The van der Waals surface area contributed by atoms with Gasteiger partial charge in [0.05, 0.1) is 21.9 Å². The summed E-state index contributed by atoms with van der Waals surface area (Å²) in [6, 6.07) is 2.51. The van der Waals surface area contributed by atoms with E-state index in [4.69, 9.17) is 0 Å². The van der Waals surface area contributed by atoms with Gasteiger partial charge in [-0.25, -0.2) is 0 Å². The van der Waals surface area contributed by atoms with Crippen LogP contribution in [-0.2, 0) is 0 Å². The molecule has 7 heteroatoms. The fraction of sp³-hybridized carbons (Fsp3) is 0.545. The number of aliphatic hydroxyl groups is 1. The van der Waals surface area contributed by atoms with Gasteiger partial charge in [-0.1, -0.05) is 24.2 Å². The van der Waals surface area contributed by atoms with Gasteiger partial charge >= 0.3 is 5.00 Å². The van der Waals surface area contributed by atoms with Gasteiger partial charge in [-0.15, -0.1) is 0 Å². The molecule has 6 nitrogen and oxygen atoms in total. The SMILES string of the molecule is O=C(NC1CCCCC1O)c1ccc([N+](=O)[O-])s1. The molecule has 1 fully saturated rings. The molecule has 98 valence electrons. The van der Waals surface area contributed by atoms with Crippen molar-refractivity contribution in [2.45, 2.75) is 37.8 Å². The van der Waals surface area contributed by atoms with Crippen LogP contribution in [0.2, 0.25) is 0 Å². The van der Waals surface area contributed by atoms with E-state index in [1.165, 1.54) is 12.1 Å². The third-order valence-electron chi connectivity index (χ3n) is 3.04. The van der Waals surface area contributed by atoms with Gasteiger partial charge in [0.2, 0.25) is 0 Å². The molecular formula is C11H14N2O4S. The van der Waals surface area contributed by atoms with Crippen molar-refractivity contribution in [2.24, 2.45) is 0 Å². The average Bonchev–Trinajstić information content (AvgIpc) is 2.81. The zero-order valence-electron chi connectivity index (χ0n) is 9.67. The van der Waals surface area contributed by atoms with Gasteiger partial charge in [0.15, 0.2) is 0 Å². The molecule has 0 bridgehead atoms. The first-order valence-electron chi connectivity index (χ1n) is 5.81. The summed E-state index contributed by atoms with van der Waals surface area (Å²) in [5.74, 6) is -0.348. The van der Waals surface area contributed by atoms with Crippen LogP contribution in [0.3, 0.4) is 0 Å². The zero-order valence-corrected chi connectivity index (χ0v) is 10.5. The van der Waals surface area contributed by atoms with Gasteiger partial charge in [0.25, 0.3) is 5.91 Å². The topological polar surface area (TPSA) is 92.5 Å². The van der Waals surface area contributed by atoms with Crippen LogP contribution in [0, 0.1) is 10.1 Å². The van der Waals surface area contributed by atoms with E-state index in [1.807, 2.05) is 0 Å². The number of carbonyl (C=O) groups is 1. The highest BCUT2D eigenvalue weighted by Gasteiger charge is 2.25. The number of hydrogen-bond donors (Lipinski definition) is 2. The molecule has 1 amide bonds. The first kappa shape index (κ1) is 13.0. The molecule has 0 aliphatic heterocycles. The second-order valence-corrected chi connectivity index (χ2v) is 5.39. The van der Waals surface area contributed by atoms with E-state index in [-0.39, 0.29) is 17.0 Å². The molecule has 2 N–H and O–H groups in total. The van der Waals surface area contributed by atoms with Crippen molar-refractivity contribution >= 4 is 22.2 Å². The summed E-state index contributed by atoms with van der Waals surface area (Å²) >= 11 is 0.846. The molecule has 0 aromatic carbocycles. The number of amides is 1. The third-order valence-corrected chi connectivity index (χ3v) is 4.08. The third kappa shape index (κ3) is 2.85. The monoisotopic (exact) mass is 270 g/mol. The summed E-state index contributed by atoms with van der Waals surface area (Å²) in [6.07, 6.45) is 2.87. The van der Waals surface area contributed by atoms with Crippen molar-refractivity contribution in [3.05, 3.63) is 27.1 Å². The highest BCUT2D eigenvalue weighted by molar-refractivity contribution is 7.17. The van der Waals surface area contributed by atoms with E-state index in [0.717, 1.165) is 30.6 Å². The van der Waals surface area contributed by atoms with Crippen LogP contribution in [0.4, 0.5) is 5.00 Å². The van der Waals surface area contributed by atoms with Crippen molar-refractivity contribution in [2.75, 3.05) is 0 Å². The molecule has 1 aliphatic carbocycles. The maximum atomic E-state index is 11.9. The standard InChI is InChI=1S/C11H14N2O4S/c14-8-4-2-1-3-7(8)12-11(15)9-5-6-10(18-9)13(16)17/h5-8,14H,1-4H2,(H,12,15). The Labute approximate surface area is 108 Å². The second kappa shape index (κ2) is 5.45. The second-order valence-electron chi connectivity index (χ2n) is 4.33. The summed E-state index contributed by atoms with van der Waals surface area (Å²) in [6.45, 7) is 0. The predicted octanol–water partition coefficient (Wildman–Crippen LogP) is 1.69. The molecular weight excluding hydrogens is 256 g/mol. The highest BCUT2D eigenvalue weighted by Crippen LogP contribution is 2.25. The number of aliphatic hydroxyl groups excluding tert-OH is 1. The fourth-order valence-corrected chi connectivity index (χ4v) is 2.79. The van der Waals surface area contributed by atoms with Crippen molar-refractivity contribution in [3.8, 4) is 0 Å². The molecule has 1 aromatic rings. The molecule has 2 atom stereocenters. The van der Waals surface area contributed by atoms with Crippen LogP contribution in [0.15, 0.2) is 12.1 Å². The molecule has 1 heterocycles. The Morgan fingerprint density at radius 3 is 2.78 bits per heavy atom. The van der Waals surface area contributed by atoms with Gasteiger partial charge < -0.3 is 10.4 Å². The quantitative estimate of drug-likeness (QED) is 0.645.